The fourth-order valence-electron chi connectivity index (χ4n) is 1.93. The van der Waals surface area contributed by atoms with Crippen LogP contribution in [0.1, 0.15) is 21.5 Å². The van der Waals surface area contributed by atoms with Crippen LogP contribution in [0.25, 0.3) is 6.08 Å². The summed E-state index contributed by atoms with van der Waals surface area (Å²) in [5.74, 6) is -1.55. The number of nitrogens with one attached hydrogen (secondary N) is 1. The number of carboxylic acids is 1. The molecule has 5 heteroatoms. The van der Waals surface area contributed by atoms with Crippen LogP contribution in [0, 0.1) is 6.92 Å². The lowest BCUT2D eigenvalue weighted by molar-refractivity contribution is -0.111. The molecule has 1 amide bonds. The number of aromatic carboxylic acids is 1. The van der Waals surface area contributed by atoms with Crippen molar-refractivity contribution in [3.63, 3.8) is 0 Å². The van der Waals surface area contributed by atoms with Gasteiger partial charge in [-0.15, -0.1) is 0 Å². The number of carbonyl (C=O) groups is 2. The monoisotopic (exact) mass is 315 g/mol. The largest absolute Gasteiger partial charge is 0.478 e. The molecule has 4 nitrogen and oxygen atoms in total. The molecule has 112 valence electrons. The molecule has 0 saturated carbocycles. The molecule has 0 aliphatic rings. The first-order valence-corrected chi connectivity index (χ1v) is 6.92. The lowest BCUT2D eigenvalue weighted by Crippen LogP contribution is -2.12. The molecule has 0 spiro atoms. The van der Waals surface area contributed by atoms with E-state index in [4.69, 9.17) is 16.7 Å². The molecule has 0 fully saturated rings. The van der Waals surface area contributed by atoms with Gasteiger partial charge in [-0.3, -0.25) is 4.79 Å². The van der Waals surface area contributed by atoms with Crippen LogP contribution in [0.15, 0.2) is 48.5 Å². The molecule has 0 radical (unpaired) electrons. The molecule has 2 N–H and O–H groups in total. The van der Waals surface area contributed by atoms with E-state index < -0.39 is 11.9 Å². The van der Waals surface area contributed by atoms with Crippen molar-refractivity contribution in [2.75, 3.05) is 5.32 Å². The Hall–Kier alpha value is -2.59. The predicted molar refractivity (Wildman–Crippen MR) is 87.3 cm³/mol. The molecular formula is C17H14ClNO3. The van der Waals surface area contributed by atoms with Crippen molar-refractivity contribution < 1.29 is 14.7 Å². The summed E-state index contributed by atoms with van der Waals surface area (Å²) in [6.07, 6.45) is 3.01. The van der Waals surface area contributed by atoms with Gasteiger partial charge in [0.2, 0.25) is 5.91 Å². The first kappa shape index (κ1) is 15.8. The number of rotatable bonds is 4. The molecule has 22 heavy (non-hydrogen) atoms. The van der Waals surface area contributed by atoms with Gasteiger partial charge in [-0.2, -0.15) is 0 Å². The van der Waals surface area contributed by atoms with Gasteiger partial charge in [0.15, 0.2) is 0 Å². The summed E-state index contributed by atoms with van der Waals surface area (Å²) in [6.45, 7) is 1.96. The molecule has 0 aliphatic heterocycles. The minimum absolute atomic E-state index is 0.0123. The molecular weight excluding hydrogens is 302 g/mol. The zero-order valence-electron chi connectivity index (χ0n) is 11.8. The molecule has 0 aliphatic carbocycles. The van der Waals surface area contributed by atoms with Crippen molar-refractivity contribution in [2.24, 2.45) is 0 Å². The van der Waals surface area contributed by atoms with Crippen LogP contribution in [-0.2, 0) is 4.79 Å². The summed E-state index contributed by atoms with van der Waals surface area (Å²) < 4.78 is 0. The van der Waals surface area contributed by atoms with Gasteiger partial charge in [0.1, 0.15) is 0 Å². The standard InChI is InChI=1S/C17H14ClNO3/c1-11-3-2-4-12(9-11)5-8-16(20)19-15-10-13(18)6-7-14(15)17(21)22/h2-10H,1H3,(H,19,20)(H,21,22). The van der Waals surface area contributed by atoms with Crippen LogP contribution in [0.3, 0.4) is 0 Å². The maximum absolute atomic E-state index is 11.9. The highest BCUT2D eigenvalue weighted by Crippen LogP contribution is 2.21. The number of halogens is 1. The van der Waals surface area contributed by atoms with E-state index in [1.807, 2.05) is 31.2 Å². The van der Waals surface area contributed by atoms with Crippen molar-refractivity contribution in [3.8, 4) is 0 Å². The maximum Gasteiger partial charge on any atom is 0.337 e. The second-order valence-corrected chi connectivity index (χ2v) is 5.17. The molecule has 0 saturated heterocycles. The van der Waals surface area contributed by atoms with E-state index in [2.05, 4.69) is 5.32 Å². The number of amides is 1. The average molecular weight is 316 g/mol. The molecule has 0 heterocycles. The SMILES string of the molecule is Cc1cccc(C=CC(=O)Nc2cc(Cl)ccc2C(=O)O)c1. The second-order valence-electron chi connectivity index (χ2n) is 4.73. The smallest absolute Gasteiger partial charge is 0.337 e. The number of anilines is 1. The van der Waals surface area contributed by atoms with Crippen LogP contribution in [0.4, 0.5) is 5.69 Å². The highest BCUT2D eigenvalue weighted by atomic mass is 35.5. The number of carboxylic acid groups (broad SMARTS) is 1. The van der Waals surface area contributed by atoms with Gasteiger partial charge in [0.25, 0.3) is 0 Å². The van der Waals surface area contributed by atoms with Gasteiger partial charge in [0.05, 0.1) is 11.3 Å². The third-order valence-electron chi connectivity index (χ3n) is 2.94. The Balaban J connectivity index is 2.15. The van der Waals surface area contributed by atoms with Crippen molar-refractivity contribution in [2.45, 2.75) is 6.92 Å². The Bertz CT molecular complexity index is 753. The van der Waals surface area contributed by atoms with E-state index in [9.17, 15) is 9.59 Å². The van der Waals surface area contributed by atoms with Gasteiger partial charge >= 0.3 is 5.97 Å². The van der Waals surface area contributed by atoms with Crippen LogP contribution in [0.5, 0.6) is 0 Å². The van der Waals surface area contributed by atoms with Crippen LogP contribution < -0.4 is 5.32 Å². The van der Waals surface area contributed by atoms with Gasteiger partial charge in [-0.05, 0) is 36.8 Å². The minimum Gasteiger partial charge on any atom is -0.478 e. The molecule has 2 aromatic rings. The zero-order chi connectivity index (χ0) is 16.1. The van der Waals surface area contributed by atoms with Crippen molar-refractivity contribution in [1.82, 2.24) is 0 Å². The van der Waals surface area contributed by atoms with E-state index in [1.54, 1.807) is 6.08 Å². The summed E-state index contributed by atoms with van der Waals surface area (Å²) in [4.78, 5) is 23.0. The highest BCUT2D eigenvalue weighted by molar-refractivity contribution is 6.31. The molecule has 2 rings (SSSR count). The quantitative estimate of drug-likeness (QED) is 0.838. The normalized spacial score (nSPS) is 10.6. The van der Waals surface area contributed by atoms with Gasteiger partial charge in [0, 0.05) is 11.1 Å². The molecule has 0 aromatic heterocycles. The Morgan fingerprint density at radius 1 is 1.18 bits per heavy atom. The third kappa shape index (κ3) is 4.20. The lowest BCUT2D eigenvalue weighted by atomic mass is 10.1. The van der Waals surface area contributed by atoms with E-state index in [1.165, 1.54) is 24.3 Å². The Morgan fingerprint density at radius 3 is 2.64 bits per heavy atom. The fraction of sp³-hybridized carbons (Fsp3) is 0.0588. The van der Waals surface area contributed by atoms with Crippen molar-refractivity contribution in [3.05, 3.63) is 70.3 Å². The summed E-state index contributed by atoms with van der Waals surface area (Å²) in [7, 11) is 0. The summed E-state index contributed by atoms with van der Waals surface area (Å²) in [5, 5.41) is 12.0. The summed E-state index contributed by atoms with van der Waals surface area (Å²) in [6, 6.07) is 11.9. The first-order valence-electron chi connectivity index (χ1n) is 6.54. The fourth-order valence-corrected chi connectivity index (χ4v) is 2.10. The lowest BCUT2D eigenvalue weighted by Gasteiger charge is -2.07. The Morgan fingerprint density at radius 2 is 1.95 bits per heavy atom. The summed E-state index contributed by atoms with van der Waals surface area (Å²) >= 11 is 5.83. The number of benzene rings is 2. The van der Waals surface area contributed by atoms with Crippen molar-refractivity contribution >= 4 is 35.2 Å². The van der Waals surface area contributed by atoms with E-state index in [0.29, 0.717) is 5.02 Å². The third-order valence-corrected chi connectivity index (χ3v) is 3.17. The average Bonchev–Trinajstić information content (AvgIpc) is 2.45. The molecule has 0 bridgehead atoms. The van der Waals surface area contributed by atoms with Gasteiger partial charge in [-0.25, -0.2) is 4.79 Å². The zero-order valence-corrected chi connectivity index (χ0v) is 12.6. The number of hydrogen-bond donors (Lipinski definition) is 2. The maximum atomic E-state index is 11.9. The Labute approximate surface area is 133 Å². The van der Waals surface area contributed by atoms with Gasteiger partial charge < -0.3 is 10.4 Å². The molecule has 0 atom stereocenters. The van der Waals surface area contributed by atoms with E-state index >= 15 is 0 Å². The number of carbonyl (C=O) groups excluding carboxylic acids is 1. The van der Waals surface area contributed by atoms with Crippen LogP contribution in [0.2, 0.25) is 5.02 Å². The Kier molecular flexibility index (Phi) is 4.96. The second kappa shape index (κ2) is 6.91. The van der Waals surface area contributed by atoms with Gasteiger partial charge in [-0.1, -0.05) is 41.4 Å². The minimum atomic E-state index is -1.13. The number of aryl methyl sites for hydroxylation is 1. The highest BCUT2D eigenvalue weighted by Gasteiger charge is 2.11. The number of hydrogen-bond acceptors (Lipinski definition) is 2. The van der Waals surface area contributed by atoms with Crippen LogP contribution in [-0.4, -0.2) is 17.0 Å². The predicted octanol–water partition coefficient (Wildman–Crippen LogP) is 4.00. The van der Waals surface area contributed by atoms with Crippen LogP contribution >= 0.6 is 11.6 Å². The molecule has 0 unspecified atom stereocenters. The molecule has 2 aromatic carbocycles. The van der Waals surface area contributed by atoms with Crippen molar-refractivity contribution in [1.29, 1.82) is 0 Å². The topological polar surface area (TPSA) is 66.4 Å². The van der Waals surface area contributed by atoms with E-state index in [-0.39, 0.29) is 11.3 Å². The summed E-state index contributed by atoms with van der Waals surface area (Å²) in [5.41, 5.74) is 2.13. The van der Waals surface area contributed by atoms with E-state index in [0.717, 1.165) is 11.1 Å². The first-order chi connectivity index (χ1) is 10.5.